The molecule has 18 heavy (non-hydrogen) atoms. The Balaban J connectivity index is 2.41. The molecule has 0 radical (unpaired) electrons. The van der Waals surface area contributed by atoms with Crippen LogP contribution >= 0.6 is 11.6 Å². The lowest BCUT2D eigenvalue weighted by Crippen LogP contribution is -2.03. The summed E-state index contributed by atoms with van der Waals surface area (Å²) in [5, 5.41) is 13.7. The largest absolute Gasteiger partial charge is 0.481 e. The summed E-state index contributed by atoms with van der Waals surface area (Å²) in [7, 11) is 0. The number of nitrogens with zero attached hydrogens (tertiary/aromatic N) is 2. The first kappa shape index (κ1) is 12.6. The van der Waals surface area contributed by atoms with Crippen LogP contribution in [0.3, 0.4) is 0 Å². The Morgan fingerprint density at radius 2 is 2.11 bits per heavy atom. The highest BCUT2D eigenvalue weighted by atomic mass is 35.5. The van der Waals surface area contributed by atoms with Crippen LogP contribution < -0.4 is 0 Å². The van der Waals surface area contributed by atoms with Crippen molar-refractivity contribution in [2.24, 2.45) is 0 Å². The summed E-state index contributed by atoms with van der Waals surface area (Å²) in [4.78, 5) is 10.7. The first-order valence-electron chi connectivity index (χ1n) is 5.51. The van der Waals surface area contributed by atoms with E-state index >= 15 is 0 Å². The molecule has 2 rings (SSSR count). The Bertz CT molecular complexity index is 605. The maximum absolute atomic E-state index is 10.7. The van der Waals surface area contributed by atoms with Crippen LogP contribution in [0.4, 0.5) is 0 Å². The number of rotatable bonds is 3. The highest BCUT2D eigenvalue weighted by molar-refractivity contribution is 6.31. The molecule has 94 valence electrons. The zero-order valence-electron chi connectivity index (χ0n) is 10.1. The number of hydrogen-bond donors (Lipinski definition) is 1. The number of carboxylic acids is 1. The molecular formula is C13H13ClN2O2. The standard InChI is InChI=1S/C13H13ClN2O2/c1-8-3-4-11(7-12(8)14)16-9(2)5-10(15-16)6-13(17)18/h3-5,7H,6H2,1-2H3,(H,17,18). The van der Waals surface area contributed by atoms with Crippen molar-refractivity contribution in [2.75, 3.05) is 0 Å². The molecule has 1 aromatic heterocycles. The number of carbonyl (C=O) groups is 1. The Hall–Kier alpha value is -1.81. The quantitative estimate of drug-likeness (QED) is 0.927. The summed E-state index contributed by atoms with van der Waals surface area (Å²) < 4.78 is 1.70. The van der Waals surface area contributed by atoms with Crippen LogP contribution in [0.25, 0.3) is 5.69 Å². The molecule has 1 heterocycles. The smallest absolute Gasteiger partial charge is 0.309 e. The van der Waals surface area contributed by atoms with E-state index in [1.54, 1.807) is 10.7 Å². The number of aliphatic carboxylic acids is 1. The van der Waals surface area contributed by atoms with E-state index in [4.69, 9.17) is 16.7 Å². The van der Waals surface area contributed by atoms with Gasteiger partial charge in [-0.15, -0.1) is 0 Å². The Kier molecular flexibility index (Phi) is 3.39. The van der Waals surface area contributed by atoms with Gasteiger partial charge < -0.3 is 5.11 Å². The van der Waals surface area contributed by atoms with Gasteiger partial charge in [0, 0.05) is 10.7 Å². The van der Waals surface area contributed by atoms with Gasteiger partial charge in [0.05, 0.1) is 17.8 Å². The number of hydrogen-bond acceptors (Lipinski definition) is 2. The van der Waals surface area contributed by atoms with E-state index in [2.05, 4.69) is 5.10 Å². The van der Waals surface area contributed by atoms with Crippen molar-refractivity contribution in [3.05, 3.63) is 46.2 Å². The minimum absolute atomic E-state index is 0.0760. The van der Waals surface area contributed by atoms with Crippen LogP contribution in [0.1, 0.15) is 17.0 Å². The van der Waals surface area contributed by atoms with Crippen LogP contribution in [0.5, 0.6) is 0 Å². The third-order valence-electron chi connectivity index (χ3n) is 2.67. The first-order valence-corrected chi connectivity index (χ1v) is 5.89. The van der Waals surface area contributed by atoms with Gasteiger partial charge in [-0.05, 0) is 37.6 Å². The van der Waals surface area contributed by atoms with Crippen LogP contribution in [-0.2, 0) is 11.2 Å². The van der Waals surface area contributed by atoms with Crippen molar-refractivity contribution in [1.82, 2.24) is 9.78 Å². The molecule has 2 aromatic rings. The van der Waals surface area contributed by atoms with Gasteiger partial charge >= 0.3 is 5.97 Å². The molecule has 0 spiro atoms. The first-order chi connectivity index (χ1) is 8.47. The topological polar surface area (TPSA) is 55.1 Å². The summed E-state index contributed by atoms with van der Waals surface area (Å²) >= 11 is 6.07. The molecule has 0 unspecified atom stereocenters. The molecule has 0 aliphatic heterocycles. The lowest BCUT2D eigenvalue weighted by Gasteiger charge is -2.06. The number of aryl methyl sites for hydroxylation is 2. The average molecular weight is 265 g/mol. The summed E-state index contributed by atoms with van der Waals surface area (Å²) in [5.41, 5.74) is 3.25. The second kappa shape index (κ2) is 4.82. The van der Waals surface area contributed by atoms with Gasteiger partial charge in [0.2, 0.25) is 0 Å². The van der Waals surface area contributed by atoms with Gasteiger partial charge in [-0.25, -0.2) is 4.68 Å². The van der Waals surface area contributed by atoms with E-state index < -0.39 is 5.97 Å². The minimum atomic E-state index is -0.887. The van der Waals surface area contributed by atoms with Gasteiger partial charge in [-0.1, -0.05) is 17.7 Å². The molecule has 0 saturated heterocycles. The van der Waals surface area contributed by atoms with Gasteiger partial charge in [-0.2, -0.15) is 5.10 Å². The van der Waals surface area contributed by atoms with Gasteiger partial charge in [0.15, 0.2) is 0 Å². The zero-order valence-corrected chi connectivity index (χ0v) is 10.9. The summed E-state index contributed by atoms with van der Waals surface area (Å²) in [6.45, 7) is 3.81. The van der Waals surface area contributed by atoms with E-state index in [0.717, 1.165) is 16.9 Å². The second-order valence-corrected chi connectivity index (χ2v) is 4.60. The van der Waals surface area contributed by atoms with Crippen LogP contribution in [0.2, 0.25) is 5.02 Å². The minimum Gasteiger partial charge on any atom is -0.481 e. The molecule has 0 amide bonds. The van der Waals surface area contributed by atoms with Crippen molar-refractivity contribution in [3.8, 4) is 5.69 Å². The molecule has 0 aliphatic carbocycles. The van der Waals surface area contributed by atoms with Crippen LogP contribution in [0.15, 0.2) is 24.3 Å². The maximum atomic E-state index is 10.7. The summed E-state index contributed by atoms with van der Waals surface area (Å²) in [6, 6.07) is 7.41. The van der Waals surface area contributed by atoms with E-state index in [0.29, 0.717) is 10.7 Å². The van der Waals surface area contributed by atoms with Crippen LogP contribution in [0, 0.1) is 13.8 Å². The third kappa shape index (κ3) is 2.54. The van der Waals surface area contributed by atoms with Crippen molar-refractivity contribution < 1.29 is 9.90 Å². The van der Waals surface area contributed by atoms with E-state index in [1.165, 1.54) is 0 Å². The van der Waals surface area contributed by atoms with Crippen molar-refractivity contribution >= 4 is 17.6 Å². The fourth-order valence-corrected chi connectivity index (χ4v) is 1.93. The molecule has 0 bridgehead atoms. The Morgan fingerprint density at radius 3 is 2.72 bits per heavy atom. The summed E-state index contributed by atoms with van der Waals surface area (Å²) in [6.07, 6.45) is -0.0760. The van der Waals surface area contributed by atoms with Crippen molar-refractivity contribution in [2.45, 2.75) is 20.3 Å². The highest BCUT2D eigenvalue weighted by Gasteiger charge is 2.10. The number of benzene rings is 1. The molecule has 1 N–H and O–H groups in total. The maximum Gasteiger partial charge on any atom is 0.309 e. The molecule has 1 aromatic carbocycles. The molecule has 4 nitrogen and oxygen atoms in total. The Labute approximate surface area is 110 Å². The van der Waals surface area contributed by atoms with Crippen LogP contribution in [-0.4, -0.2) is 20.9 Å². The molecule has 0 saturated carbocycles. The molecular weight excluding hydrogens is 252 g/mol. The number of aromatic nitrogens is 2. The SMILES string of the molecule is Cc1ccc(-n2nc(CC(=O)O)cc2C)cc1Cl. The normalized spacial score (nSPS) is 10.6. The molecule has 5 heteroatoms. The van der Waals surface area contributed by atoms with Gasteiger partial charge in [-0.3, -0.25) is 4.79 Å². The van der Waals surface area contributed by atoms with Crippen molar-refractivity contribution in [1.29, 1.82) is 0 Å². The molecule has 0 aliphatic rings. The van der Waals surface area contributed by atoms with E-state index in [-0.39, 0.29) is 6.42 Å². The zero-order chi connectivity index (χ0) is 13.3. The lowest BCUT2D eigenvalue weighted by molar-refractivity contribution is -0.136. The van der Waals surface area contributed by atoms with E-state index in [1.807, 2.05) is 32.0 Å². The fraction of sp³-hybridized carbons (Fsp3) is 0.231. The predicted molar refractivity (Wildman–Crippen MR) is 69.4 cm³/mol. The molecule has 0 fully saturated rings. The van der Waals surface area contributed by atoms with Gasteiger partial charge in [0.1, 0.15) is 0 Å². The van der Waals surface area contributed by atoms with E-state index in [9.17, 15) is 4.79 Å². The Morgan fingerprint density at radius 1 is 1.39 bits per heavy atom. The van der Waals surface area contributed by atoms with Crippen molar-refractivity contribution in [3.63, 3.8) is 0 Å². The summed E-state index contributed by atoms with van der Waals surface area (Å²) in [5.74, 6) is -0.887. The predicted octanol–water partition coefficient (Wildman–Crippen LogP) is 2.77. The molecule has 0 atom stereocenters. The fourth-order valence-electron chi connectivity index (χ4n) is 1.75. The van der Waals surface area contributed by atoms with Gasteiger partial charge in [0.25, 0.3) is 0 Å². The highest BCUT2D eigenvalue weighted by Crippen LogP contribution is 2.20. The lowest BCUT2D eigenvalue weighted by atomic mass is 10.2. The average Bonchev–Trinajstić information content (AvgIpc) is 2.62. The monoisotopic (exact) mass is 264 g/mol. The third-order valence-corrected chi connectivity index (χ3v) is 3.08. The second-order valence-electron chi connectivity index (χ2n) is 4.19. The number of carboxylic acid groups (broad SMARTS) is 1. The number of halogens is 1.